The Bertz CT molecular complexity index is 453. The lowest BCUT2D eigenvalue weighted by Gasteiger charge is -2.16. The number of hydrogen-bond donors (Lipinski definition) is 1. The van der Waals surface area contributed by atoms with Crippen LogP contribution in [0.15, 0.2) is 12.3 Å². The van der Waals surface area contributed by atoms with Crippen molar-refractivity contribution in [3.63, 3.8) is 0 Å². The number of halogens is 2. The Morgan fingerprint density at radius 3 is 3.00 bits per heavy atom. The third kappa shape index (κ3) is 3.06. The highest BCUT2D eigenvalue weighted by molar-refractivity contribution is 6.35. The normalized spacial score (nSPS) is 19.4. The molecule has 2 rings (SSSR count). The van der Waals surface area contributed by atoms with E-state index in [1.54, 1.807) is 6.07 Å². The number of rotatable bonds is 4. The van der Waals surface area contributed by atoms with E-state index >= 15 is 0 Å². The SMILES string of the molecule is CCCN1CC(Nc2ncc(Cl)cc2Cl)CC1=O. The van der Waals surface area contributed by atoms with Gasteiger partial charge in [-0.2, -0.15) is 0 Å². The van der Waals surface area contributed by atoms with Gasteiger partial charge in [0.25, 0.3) is 0 Å². The number of likely N-dealkylation sites (tertiary alicyclic amines) is 1. The highest BCUT2D eigenvalue weighted by Crippen LogP contribution is 2.25. The van der Waals surface area contributed by atoms with E-state index in [-0.39, 0.29) is 11.9 Å². The van der Waals surface area contributed by atoms with E-state index in [0.29, 0.717) is 28.8 Å². The molecule has 1 fully saturated rings. The Labute approximate surface area is 116 Å². The zero-order chi connectivity index (χ0) is 13.1. The van der Waals surface area contributed by atoms with Crippen molar-refractivity contribution in [3.8, 4) is 0 Å². The summed E-state index contributed by atoms with van der Waals surface area (Å²) in [6.45, 7) is 3.57. The molecule has 1 amide bonds. The molecule has 0 aromatic carbocycles. The zero-order valence-electron chi connectivity index (χ0n) is 10.1. The monoisotopic (exact) mass is 287 g/mol. The molecule has 18 heavy (non-hydrogen) atoms. The third-order valence-corrected chi connectivity index (χ3v) is 3.35. The Morgan fingerprint density at radius 1 is 1.56 bits per heavy atom. The lowest BCUT2D eigenvalue weighted by atomic mass is 10.2. The van der Waals surface area contributed by atoms with Gasteiger partial charge in [-0.3, -0.25) is 4.79 Å². The molecule has 6 heteroatoms. The molecular formula is C12H15Cl2N3O. The molecule has 0 bridgehead atoms. The van der Waals surface area contributed by atoms with Gasteiger partial charge in [0.2, 0.25) is 5.91 Å². The number of carbonyl (C=O) groups is 1. The maximum Gasteiger partial charge on any atom is 0.224 e. The fourth-order valence-corrected chi connectivity index (χ4v) is 2.50. The molecule has 1 atom stereocenters. The van der Waals surface area contributed by atoms with E-state index in [1.165, 1.54) is 6.20 Å². The van der Waals surface area contributed by atoms with Crippen molar-refractivity contribution in [2.75, 3.05) is 18.4 Å². The van der Waals surface area contributed by atoms with Crippen molar-refractivity contribution in [1.82, 2.24) is 9.88 Å². The summed E-state index contributed by atoms with van der Waals surface area (Å²) in [4.78, 5) is 17.7. The first-order chi connectivity index (χ1) is 8.60. The van der Waals surface area contributed by atoms with Crippen molar-refractivity contribution >= 4 is 34.9 Å². The second-order valence-electron chi connectivity index (χ2n) is 4.37. The summed E-state index contributed by atoms with van der Waals surface area (Å²) in [5.41, 5.74) is 0. The van der Waals surface area contributed by atoms with Crippen LogP contribution in [0.1, 0.15) is 19.8 Å². The van der Waals surface area contributed by atoms with Crippen molar-refractivity contribution in [1.29, 1.82) is 0 Å². The van der Waals surface area contributed by atoms with Crippen LogP contribution in [0.25, 0.3) is 0 Å². The molecule has 98 valence electrons. The Kier molecular flexibility index (Phi) is 4.30. The van der Waals surface area contributed by atoms with Crippen molar-refractivity contribution < 1.29 is 4.79 Å². The standard InChI is InChI=1S/C12H15Cl2N3O/c1-2-3-17-7-9(5-11(17)18)16-12-10(14)4-8(13)6-15-12/h4,6,9H,2-3,5,7H2,1H3,(H,15,16). The quantitative estimate of drug-likeness (QED) is 0.926. The van der Waals surface area contributed by atoms with Crippen LogP contribution in [0.2, 0.25) is 10.0 Å². The molecule has 0 saturated carbocycles. The minimum atomic E-state index is 0.0650. The van der Waals surface area contributed by atoms with Crippen LogP contribution in [0.3, 0.4) is 0 Å². The minimum Gasteiger partial charge on any atom is -0.364 e. The molecule has 1 aliphatic rings. The van der Waals surface area contributed by atoms with Gasteiger partial charge in [-0.15, -0.1) is 0 Å². The fraction of sp³-hybridized carbons (Fsp3) is 0.500. The maximum atomic E-state index is 11.7. The highest BCUT2D eigenvalue weighted by Gasteiger charge is 2.29. The first-order valence-electron chi connectivity index (χ1n) is 5.95. The van der Waals surface area contributed by atoms with Crippen LogP contribution in [0.5, 0.6) is 0 Å². The first-order valence-corrected chi connectivity index (χ1v) is 6.71. The van der Waals surface area contributed by atoms with Gasteiger partial charge in [0.1, 0.15) is 5.82 Å². The molecule has 1 aliphatic heterocycles. The van der Waals surface area contributed by atoms with Crippen LogP contribution in [-0.2, 0) is 4.79 Å². The first kappa shape index (κ1) is 13.4. The van der Waals surface area contributed by atoms with Gasteiger partial charge in [0.05, 0.1) is 16.1 Å². The molecule has 0 radical (unpaired) electrons. The number of anilines is 1. The Hall–Kier alpha value is -1.00. The zero-order valence-corrected chi connectivity index (χ0v) is 11.6. The maximum absolute atomic E-state index is 11.7. The summed E-state index contributed by atoms with van der Waals surface area (Å²) < 4.78 is 0. The summed E-state index contributed by atoms with van der Waals surface area (Å²) >= 11 is 11.8. The average Bonchev–Trinajstić information content (AvgIpc) is 2.64. The Morgan fingerprint density at radius 2 is 2.33 bits per heavy atom. The van der Waals surface area contributed by atoms with Crippen molar-refractivity contribution in [2.24, 2.45) is 0 Å². The molecule has 0 spiro atoms. The van der Waals surface area contributed by atoms with E-state index in [2.05, 4.69) is 17.2 Å². The summed E-state index contributed by atoms with van der Waals surface area (Å²) in [6.07, 6.45) is 3.00. The van der Waals surface area contributed by atoms with Crippen LogP contribution in [0, 0.1) is 0 Å². The predicted molar refractivity (Wildman–Crippen MR) is 73.2 cm³/mol. The fourth-order valence-electron chi connectivity index (χ4n) is 2.07. The summed E-state index contributed by atoms with van der Waals surface area (Å²) in [5, 5.41) is 4.17. The molecule has 1 N–H and O–H groups in total. The molecule has 1 saturated heterocycles. The number of aromatic nitrogens is 1. The predicted octanol–water partition coefficient (Wildman–Crippen LogP) is 2.81. The topological polar surface area (TPSA) is 45.2 Å². The molecule has 4 nitrogen and oxygen atoms in total. The minimum absolute atomic E-state index is 0.0650. The van der Waals surface area contributed by atoms with Crippen molar-refractivity contribution in [2.45, 2.75) is 25.8 Å². The van der Waals surface area contributed by atoms with E-state index in [4.69, 9.17) is 23.2 Å². The number of nitrogens with zero attached hydrogens (tertiary/aromatic N) is 2. The van der Waals surface area contributed by atoms with Gasteiger partial charge < -0.3 is 10.2 Å². The second kappa shape index (κ2) is 5.76. The molecule has 2 heterocycles. The number of pyridine rings is 1. The summed E-state index contributed by atoms with van der Waals surface area (Å²) in [7, 11) is 0. The molecule has 1 unspecified atom stereocenters. The Balaban J connectivity index is 2.00. The van der Waals surface area contributed by atoms with Gasteiger partial charge in [0.15, 0.2) is 0 Å². The molecule has 1 aromatic heterocycles. The van der Waals surface area contributed by atoms with E-state index in [1.807, 2.05) is 4.90 Å². The number of nitrogens with one attached hydrogen (secondary N) is 1. The lowest BCUT2D eigenvalue weighted by Crippen LogP contribution is -2.28. The van der Waals surface area contributed by atoms with Gasteiger partial charge in [-0.1, -0.05) is 30.1 Å². The van der Waals surface area contributed by atoms with Gasteiger partial charge in [-0.25, -0.2) is 4.98 Å². The van der Waals surface area contributed by atoms with Gasteiger partial charge in [0, 0.05) is 25.7 Å². The third-order valence-electron chi connectivity index (χ3n) is 2.86. The molecule has 0 aliphatic carbocycles. The largest absolute Gasteiger partial charge is 0.364 e. The van der Waals surface area contributed by atoms with Crippen LogP contribution in [0.4, 0.5) is 5.82 Å². The summed E-state index contributed by atoms with van der Waals surface area (Å²) in [6, 6.07) is 1.70. The lowest BCUT2D eigenvalue weighted by molar-refractivity contribution is -0.127. The van der Waals surface area contributed by atoms with E-state index in [9.17, 15) is 4.79 Å². The van der Waals surface area contributed by atoms with Crippen molar-refractivity contribution in [3.05, 3.63) is 22.3 Å². The average molecular weight is 288 g/mol. The van der Waals surface area contributed by atoms with Crippen LogP contribution < -0.4 is 5.32 Å². The molecular weight excluding hydrogens is 273 g/mol. The highest BCUT2D eigenvalue weighted by atomic mass is 35.5. The van der Waals surface area contributed by atoms with E-state index < -0.39 is 0 Å². The number of amides is 1. The van der Waals surface area contributed by atoms with Gasteiger partial charge >= 0.3 is 0 Å². The van der Waals surface area contributed by atoms with E-state index in [0.717, 1.165) is 13.0 Å². The number of hydrogen-bond acceptors (Lipinski definition) is 3. The summed E-state index contributed by atoms with van der Waals surface area (Å²) in [5.74, 6) is 0.761. The second-order valence-corrected chi connectivity index (χ2v) is 5.21. The molecule has 1 aromatic rings. The van der Waals surface area contributed by atoms with Gasteiger partial charge in [-0.05, 0) is 12.5 Å². The smallest absolute Gasteiger partial charge is 0.224 e. The number of carbonyl (C=O) groups excluding carboxylic acids is 1. The van der Waals surface area contributed by atoms with Crippen LogP contribution >= 0.6 is 23.2 Å². The van der Waals surface area contributed by atoms with Crippen LogP contribution in [-0.4, -0.2) is 34.9 Å².